The number of hydrogen-bond acceptors (Lipinski definition) is 4. The molecule has 3 unspecified atom stereocenters. The molecule has 0 bridgehead atoms. The van der Waals surface area contributed by atoms with Crippen LogP contribution >= 0.6 is 0 Å². The Hall–Kier alpha value is -3.03. The molecule has 3 N–H and O–H groups in total. The van der Waals surface area contributed by atoms with Crippen LogP contribution in [0.15, 0.2) is 78.9 Å². The first kappa shape index (κ1) is 22.7. The van der Waals surface area contributed by atoms with Crippen molar-refractivity contribution >= 4 is 0 Å². The van der Waals surface area contributed by atoms with Crippen LogP contribution in [0.1, 0.15) is 30.4 Å². The Balaban J connectivity index is 1.96. The van der Waals surface area contributed by atoms with E-state index in [9.17, 15) is 18.3 Å². The Morgan fingerprint density at radius 2 is 1.42 bits per heavy atom. The normalized spacial score (nSPS) is 15.2. The molecule has 0 aliphatic heterocycles. The van der Waals surface area contributed by atoms with Crippen LogP contribution in [-0.2, 0) is 0 Å². The first-order chi connectivity index (χ1) is 14.8. The van der Waals surface area contributed by atoms with Crippen molar-refractivity contribution in [3.8, 4) is 11.5 Å². The monoisotopic (exact) mass is 431 g/mol. The van der Waals surface area contributed by atoms with E-state index < -0.39 is 30.2 Å². The molecule has 164 valence electrons. The zero-order chi connectivity index (χ0) is 22.4. The fourth-order valence-corrected chi connectivity index (χ4v) is 3.33. The molecule has 0 aromatic heterocycles. The van der Waals surface area contributed by atoms with Gasteiger partial charge in [-0.25, -0.2) is 4.39 Å². The van der Waals surface area contributed by atoms with Crippen molar-refractivity contribution < 1.29 is 27.8 Å². The van der Waals surface area contributed by atoms with Gasteiger partial charge in [-0.1, -0.05) is 42.5 Å². The summed E-state index contributed by atoms with van der Waals surface area (Å²) in [6.07, 6.45) is -0.905. The number of aliphatic hydroxyl groups excluding tert-OH is 1. The third-order valence-electron chi connectivity index (χ3n) is 5.06. The van der Waals surface area contributed by atoms with Gasteiger partial charge >= 0.3 is 6.61 Å². The number of hydrogen-bond donors (Lipinski definition) is 2. The molecule has 0 fully saturated rings. The van der Waals surface area contributed by atoms with E-state index in [1.54, 1.807) is 48.5 Å². The predicted molar refractivity (Wildman–Crippen MR) is 112 cm³/mol. The third-order valence-corrected chi connectivity index (χ3v) is 5.06. The number of halogens is 3. The van der Waals surface area contributed by atoms with Crippen LogP contribution < -0.4 is 15.2 Å². The largest absolute Gasteiger partial charge is 0.470 e. The quantitative estimate of drug-likeness (QED) is 0.465. The number of para-hydroxylation sites is 1. The second-order valence-corrected chi connectivity index (χ2v) is 7.30. The predicted octanol–water partition coefficient (Wildman–Crippen LogP) is 5.06. The van der Waals surface area contributed by atoms with Crippen LogP contribution in [0.5, 0.6) is 11.5 Å². The number of alkyl halides is 2. The standard InChI is InChI=1S/C24H24F3NO3/c1-16(29)24(28,31-21-5-3-2-4-6-21)15-22(17-7-11-19(25)12-8-17)18-9-13-20(14-10-18)30-23(26)27/h2-14,16,22-23,29H,15,28H2,1H3. The number of ether oxygens (including phenoxy) is 2. The van der Waals surface area contributed by atoms with E-state index in [1.165, 1.54) is 31.2 Å². The second kappa shape index (κ2) is 9.85. The van der Waals surface area contributed by atoms with Crippen molar-refractivity contribution in [1.29, 1.82) is 0 Å². The lowest BCUT2D eigenvalue weighted by Gasteiger charge is -2.36. The Morgan fingerprint density at radius 1 is 0.871 bits per heavy atom. The van der Waals surface area contributed by atoms with Gasteiger partial charge in [-0.15, -0.1) is 0 Å². The van der Waals surface area contributed by atoms with Gasteiger partial charge in [0, 0.05) is 12.3 Å². The number of nitrogens with two attached hydrogens (primary N) is 1. The SMILES string of the molecule is CC(O)C(N)(CC(c1ccc(F)cc1)c1ccc(OC(F)F)cc1)Oc1ccccc1. The molecular weight excluding hydrogens is 407 g/mol. The van der Waals surface area contributed by atoms with E-state index in [-0.39, 0.29) is 12.2 Å². The topological polar surface area (TPSA) is 64.7 Å². The fraction of sp³-hybridized carbons (Fsp3) is 0.250. The van der Waals surface area contributed by atoms with Crippen LogP contribution in [0.25, 0.3) is 0 Å². The van der Waals surface area contributed by atoms with Crippen molar-refractivity contribution in [3.05, 3.63) is 95.8 Å². The van der Waals surface area contributed by atoms with Crippen molar-refractivity contribution in [2.45, 2.75) is 37.7 Å². The van der Waals surface area contributed by atoms with Gasteiger partial charge in [0.15, 0.2) is 5.72 Å². The summed E-state index contributed by atoms with van der Waals surface area (Å²) < 4.78 is 48.9. The average molecular weight is 431 g/mol. The smallest absolute Gasteiger partial charge is 0.387 e. The number of benzene rings is 3. The summed E-state index contributed by atoms with van der Waals surface area (Å²) in [6.45, 7) is -1.39. The van der Waals surface area contributed by atoms with Gasteiger partial charge in [-0.05, 0) is 54.4 Å². The first-order valence-corrected chi connectivity index (χ1v) is 9.78. The lowest BCUT2D eigenvalue weighted by molar-refractivity contribution is -0.0501. The molecule has 7 heteroatoms. The molecule has 0 spiro atoms. The maximum Gasteiger partial charge on any atom is 0.387 e. The van der Waals surface area contributed by atoms with Gasteiger partial charge in [0.25, 0.3) is 0 Å². The van der Waals surface area contributed by atoms with E-state index in [4.69, 9.17) is 10.5 Å². The van der Waals surface area contributed by atoms with E-state index >= 15 is 0 Å². The number of aliphatic hydroxyl groups is 1. The molecule has 0 saturated heterocycles. The van der Waals surface area contributed by atoms with Crippen LogP contribution in [0, 0.1) is 5.82 Å². The van der Waals surface area contributed by atoms with Gasteiger partial charge in [0.1, 0.15) is 23.4 Å². The molecule has 0 amide bonds. The van der Waals surface area contributed by atoms with E-state index in [2.05, 4.69) is 4.74 Å². The molecule has 0 saturated carbocycles. The third kappa shape index (κ3) is 5.99. The molecule has 3 aromatic carbocycles. The summed E-state index contributed by atoms with van der Waals surface area (Å²) in [6, 6.07) is 20.9. The van der Waals surface area contributed by atoms with Gasteiger partial charge in [0.2, 0.25) is 0 Å². The van der Waals surface area contributed by atoms with Crippen LogP contribution in [-0.4, -0.2) is 23.5 Å². The summed E-state index contributed by atoms with van der Waals surface area (Å²) in [5, 5.41) is 10.4. The van der Waals surface area contributed by atoms with E-state index in [0.29, 0.717) is 5.75 Å². The molecule has 3 aromatic rings. The molecular formula is C24H24F3NO3. The highest BCUT2D eigenvalue weighted by Gasteiger charge is 2.37. The minimum atomic E-state index is -2.93. The molecule has 0 radical (unpaired) electrons. The highest BCUT2D eigenvalue weighted by molar-refractivity contribution is 5.37. The summed E-state index contributed by atoms with van der Waals surface area (Å²) in [7, 11) is 0. The lowest BCUT2D eigenvalue weighted by Crippen LogP contribution is -2.55. The zero-order valence-electron chi connectivity index (χ0n) is 16.9. The first-order valence-electron chi connectivity index (χ1n) is 9.78. The minimum Gasteiger partial charge on any atom is -0.470 e. The van der Waals surface area contributed by atoms with Gasteiger partial charge in [-0.3, -0.25) is 5.73 Å². The average Bonchev–Trinajstić information content (AvgIpc) is 2.74. The number of rotatable bonds is 9. The molecule has 0 heterocycles. The van der Waals surface area contributed by atoms with E-state index in [0.717, 1.165) is 11.1 Å². The molecule has 0 aliphatic rings. The summed E-state index contributed by atoms with van der Waals surface area (Å²) in [4.78, 5) is 0. The zero-order valence-corrected chi connectivity index (χ0v) is 16.9. The van der Waals surface area contributed by atoms with Crippen molar-refractivity contribution in [2.24, 2.45) is 5.73 Å². The summed E-state index contributed by atoms with van der Waals surface area (Å²) in [5.41, 5.74) is 6.49. The minimum absolute atomic E-state index is 0.0201. The van der Waals surface area contributed by atoms with Gasteiger partial charge in [-0.2, -0.15) is 8.78 Å². The Bertz CT molecular complexity index is 950. The van der Waals surface area contributed by atoms with Gasteiger partial charge < -0.3 is 14.6 Å². The Kier molecular flexibility index (Phi) is 7.20. The van der Waals surface area contributed by atoms with Crippen LogP contribution in [0.3, 0.4) is 0 Å². The lowest BCUT2D eigenvalue weighted by atomic mass is 9.83. The van der Waals surface area contributed by atoms with Gasteiger partial charge in [0.05, 0.1) is 0 Å². The molecule has 3 atom stereocenters. The fourth-order valence-electron chi connectivity index (χ4n) is 3.33. The Labute approximate surface area is 179 Å². The van der Waals surface area contributed by atoms with Crippen LogP contribution in [0.4, 0.5) is 13.2 Å². The molecule has 3 rings (SSSR count). The highest BCUT2D eigenvalue weighted by atomic mass is 19.3. The van der Waals surface area contributed by atoms with Crippen LogP contribution in [0.2, 0.25) is 0 Å². The summed E-state index contributed by atoms with van der Waals surface area (Å²) >= 11 is 0. The highest BCUT2D eigenvalue weighted by Crippen LogP contribution is 2.35. The van der Waals surface area contributed by atoms with Crippen molar-refractivity contribution in [2.75, 3.05) is 0 Å². The molecule has 0 aliphatic carbocycles. The van der Waals surface area contributed by atoms with E-state index in [1.807, 2.05) is 6.07 Å². The maximum atomic E-state index is 13.5. The second-order valence-electron chi connectivity index (χ2n) is 7.30. The molecule has 31 heavy (non-hydrogen) atoms. The van der Waals surface area contributed by atoms with Crippen molar-refractivity contribution in [1.82, 2.24) is 0 Å². The molecule has 4 nitrogen and oxygen atoms in total. The summed E-state index contributed by atoms with van der Waals surface area (Å²) in [5.74, 6) is -0.293. The van der Waals surface area contributed by atoms with Crippen molar-refractivity contribution in [3.63, 3.8) is 0 Å². The maximum absolute atomic E-state index is 13.5. The Morgan fingerprint density at radius 3 is 1.94 bits per heavy atom.